The molecule has 1 aliphatic heterocycles. The first kappa shape index (κ1) is 24.0. The molecule has 11 heteroatoms. The Kier molecular flexibility index (Phi) is 7.96. The first-order valence-electron chi connectivity index (χ1n) is 10.7. The normalized spacial score (nSPS) is 15.5. The van der Waals surface area contributed by atoms with E-state index >= 15 is 0 Å². The van der Waals surface area contributed by atoms with Crippen LogP contribution in [0.2, 0.25) is 0 Å². The zero-order valence-corrected chi connectivity index (χ0v) is 19.3. The van der Waals surface area contributed by atoms with Crippen molar-refractivity contribution in [2.75, 3.05) is 24.8 Å². The van der Waals surface area contributed by atoms with Crippen LogP contribution in [0.5, 0.6) is 11.5 Å². The van der Waals surface area contributed by atoms with Gasteiger partial charge in [0.1, 0.15) is 11.5 Å². The monoisotopic (exact) mass is 490 g/mol. The summed E-state index contributed by atoms with van der Waals surface area (Å²) in [5, 5.41) is 11.8. The van der Waals surface area contributed by atoms with Crippen LogP contribution in [0.3, 0.4) is 0 Å². The number of halogens is 2. The van der Waals surface area contributed by atoms with Crippen molar-refractivity contribution in [2.24, 2.45) is 0 Å². The van der Waals surface area contributed by atoms with Gasteiger partial charge in [-0.2, -0.15) is 8.78 Å². The maximum Gasteiger partial charge on any atom is 0.387 e. The van der Waals surface area contributed by atoms with Crippen molar-refractivity contribution < 1.29 is 27.8 Å². The minimum Gasteiger partial charge on any atom is -0.497 e. The summed E-state index contributed by atoms with van der Waals surface area (Å²) in [7, 11) is 1.60. The predicted molar refractivity (Wildman–Crippen MR) is 123 cm³/mol. The number of methoxy groups -OCH3 is 1. The van der Waals surface area contributed by atoms with Crippen LogP contribution in [-0.2, 0) is 16.1 Å². The Bertz CT molecular complexity index is 1100. The van der Waals surface area contributed by atoms with Gasteiger partial charge in [-0.3, -0.25) is 9.36 Å². The highest BCUT2D eigenvalue weighted by Gasteiger charge is 2.22. The van der Waals surface area contributed by atoms with Crippen molar-refractivity contribution in [2.45, 2.75) is 37.3 Å². The van der Waals surface area contributed by atoms with Crippen molar-refractivity contribution in [1.29, 1.82) is 0 Å². The smallest absolute Gasteiger partial charge is 0.387 e. The van der Waals surface area contributed by atoms with Crippen LogP contribution >= 0.6 is 11.8 Å². The number of aromatic nitrogens is 3. The summed E-state index contributed by atoms with van der Waals surface area (Å²) in [6.07, 6.45) is 1.97. The first-order valence-corrected chi connectivity index (χ1v) is 11.7. The van der Waals surface area contributed by atoms with Gasteiger partial charge in [-0.25, -0.2) is 0 Å². The molecule has 34 heavy (non-hydrogen) atoms. The molecule has 0 bridgehead atoms. The van der Waals surface area contributed by atoms with Crippen molar-refractivity contribution in [1.82, 2.24) is 14.8 Å². The molecule has 0 aliphatic carbocycles. The zero-order chi connectivity index (χ0) is 23.9. The molecule has 2 heterocycles. The number of carbonyl (C=O) groups excluding carboxylic acids is 1. The van der Waals surface area contributed by atoms with E-state index in [1.54, 1.807) is 19.2 Å². The molecule has 1 aromatic heterocycles. The topological polar surface area (TPSA) is 87.5 Å². The number of rotatable bonds is 10. The molecular weight excluding hydrogens is 466 g/mol. The number of anilines is 1. The van der Waals surface area contributed by atoms with Crippen LogP contribution in [0.4, 0.5) is 14.5 Å². The lowest BCUT2D eigenvalue weighted by Gasteiger charge is -2.15. The fourth-order valence-corrected chi connectivity index (χ4v) is 4.34. The van der Waals surface area contributed by atoms with Gasteiger partial charge >= 0.3 is 6.61 Å². The van der Waals surface area contributed by atoms with E-state index in [1.165, 1.54) is 23.9 Å². The lowest BCUT2D eigenvalue weighted by atomic mass is 10.2. The number of nitrogens with zero attached hydrogens (tertiary/aromatic N) is 3. The van der Waals surface area contributed by atoms with Crippen molar-refractivity contribution in [3.05, 3.63) is 48.5 Å². The van der Waals surface area contributed by atoms with Gasteiger partial charge in [0.15, 0.2) is 11.0 Å². The largest absolute Gasteiger partial charge is 0.497 e. The van der Waals surface area contributed by atoms with E-state index in [9.17, 15) is 13.6 Å². The van der Waals surface area contributed by atoms with Gasteiger partial charge in [0.2, 0.25) is 5.91 Å². The second-order valence-electron chi connectivity index (χ2n) is 7.49. The van der Waals surface area contributed by atoms with Crippen LogP contribution in [0.25, 0.3) is 11.4 Å². The van der Waals surface area contributed by atoms with Gasteiger partial charge in [-0.05, 0) is 49.2 Å². The molecule has 0 saturated carbocycles. The lowest BCUT2D eigenvalue weighted by molar-refractivity contribution is -0.113. The standard InChI is InChI=1S/C23H24F2N4O4S/c1-31-16-10-8-15(9-11-16)21-27-28-23(29(21)13-17-5-4-12-32-17)34-14-20(30)26-18-6-2-3-7-19(18)33-22(24)25/h2-3,6-11,17,22H,4-5,12-14H2,1H3,(H,26,30)/t17-/m0/s1. The van der Waals surface area contributed by atoms with Crippen LogP contribution in [0, 0.1) is 0 Å². The van der Waals surface area contributed by atoms with Crippen molar-refractivity contribution >= 4 is 23.4 Å². The van der Waals surface area contributed by atoms with Crippen LogP contribution in [0.1, 0.15) is 12.8 Å². The minimum absolute atomic E-state index is 0.00921. The Morgan fingerprint density at radius 2 is 2.03 bits per heavy atom. The van der Waals surface area contributed by atoms with Gasteiger partial charge in [-0.1, -0.05) is 23.9 Å². The number of alkyl halides is 2. The second kappa shape index (κ2) is 11.3. The van der Waals surface area contributed by atoms with E-state index < -0.39 is 6.61 Å². The molecular formula is C23H24F2N4O4S. The molecule has 3 aromatic rings. The summed E-state index contributed by atoms with van der Waals surface area (Å²) in [5.41, 5.74) is 1.04. The molecule has 1 N–H and O–H groups in total. The number of benzene rings is 2. The van der Waals surface area contributed by atoms with Crippen molar-refractivity contribution in [3.8, 4) is 22.9 Å². The minimum atomic E-state index is -2.99. The summed E-state index contributed by atoms with van der Waals surface area (Å²) in [4.78, 5) is 12.6. The Labute approximate surface area is 199 Å². The maximum absolute atomic E-state index is 12.6. The molecule has 1 saturated heterocycles. The SMILES string of the molecule is COc1ccc(-c2nnc(SCC(=O)Nc3ccccc3OC(F)F)n2C[C@@H]2CCCO2)cc1. The number of nitrogens with one attached hydrogen (secondary N) is 1. The third kappa shape index (κ3) is 6.03. The fourth-order valence-electron chi connectivity index (χ4n) is 3.59. The van der Waals surface area contributed by atoms with Crippen LogP contribution < -0.4 is 14.8 Å². The average molecular weight is 491 g/mol. The highest BCUT2D eigenvalue weighted by Crippen LogP contribution is 2.29. The van der Waals surface area contributed by atoms with Gasteiger partial charge in [0.05, 0.1) is 31.2 Å². The molecule has 0 unspecified atom stereocenters. The molecule has 180 valence electrons. The number of thioether (sulfide) groups is 1. The van der Waals surface area contributed by atoms with Crippen LogP contribution in [-0.4, -0.2) is 52.9 Å². The third-order valence-corrected chi connectivity index (χ3v) is 6.15. The molecule has 0 radical (unpaired) electrons. The number of carbonyl (C=O) groups is 1. The highest BCUT2D eigenvalue weighted by molar-refractivity contribution is 7.99. The van der Waals surface area contributed by atoms with E-state index in [0.717, 1.165) is 30.8 Å². The van der Waals surface area contributed by atoms with Gasteiger partial charge < -0.3 is 19.5 Å². The Hall–Kier alpha value is -3.18. The lowest BCUT2D eigenvalue weighted by Crippen LogP contribution is -2.18. The Balaban J connectivity index is 1.49. The highest BCUT2D eigenvalue weighted by atomic mass is 32.2. The zero-order valence-electron chi connectivity index (χ0n) is 18.4. The van der Waals surface area contributed by atoms with E-state index in [1.807, 2.05) is 28.8 Å². The molecule has 1 amide bonds. The molecule has 0 spiro atoms. The third-order valence-electron chi connectivity index (χ3n) is 5.18. The van der Waals surface area contributed by atoms with Crippen molar-refractivity contribution in [3.63, 3.8) is 0 Å². The van der Waals surface area contributed by atoms with Gasteiger partial charge in [-0.15, -0.1) is 10.2 Å². The molecule has 1 aliphatic rings. The summed E-state index contributed by atoms with van der Waals surface area (Å²) in [6.45, 7) is -1.71. The number of amides is 1. The number of hydrogen-bond donors (Lipinski definition) is 1. The molecule has 1 atom stereocenters. The fraction of sp³-hybridized carbons (Fsp3) is 0.348. The Morgan fingerprint density at radius 3 is 2.74 bits per heavy atom. The van der Waals surface area contributed by atoms with Gasteiger partial charge in [0.25, 0.3) is 0 Å². The molecule has 8 nitrogen and oxygen atoms in total. The average Bonchev–Trinajstić information content (AvgIpc) is 3.49. The van der Waals surface area contributed by atoms with E-state index in [2.05, 4.69) is 20.3 Å². The van der Waals surface area contributed by atoms with E-state index in [0.29, 0.717) is 17.5 Å². The quantitative estimate of drug-likeness (QED) is 0.420. The second-order valence-corrected chi connectivity index (χ2v) is 8.43. The molecule has 4 rings (SSSR count). The summed E-state index contributed by atoms with van der Waals surface area (Å²) in [6, 6.07) is 13.5. The van der Waals surface area contributed by atoms with Gasteiger partial charge in [0, 0.05) is 12.2 Å². The first-order chi connectivity index (χ1) is 16.5. The maximum atomic E-state index is 12.6. The predicted octanol–water partition coefficient (Wildman–Crippen LogP) is 4.46. The molecule has 2 aromatic carbocycles. The Morgan fingerprint density at radius 1 is 1.24 bits per heavy atom. The van der Waals surface area contributed by atoms with Crippen LogP contribution in [0.15, 0.2) is 53.7 Å². The number of hydrogen-bond acceptors (Lipinski definition) is 7. The molecule has 1 fully saturated rings. The number of ether oxygens (including phenoxy) is 3. The number of para-hydroxylation sites is 2. The summed E-state index contributed by atoms with van der Waals surface area (Å²) < 4.78 is 42.7. The summed E-state index contributed by atoms with van der Waals surface area (Å²) >= 11 is 1.21. The van der Waals surface area contributed by atoms with E-state index in [4.69, 9.17) is 9.47 Å². The summed E-state index contributed by atoms with van der Waals surface area (Å²) in [5.74, 6) is 0.926. The van der Waals surface area contributed by atoms with E-state index in [-0.39, 0.29) is 29.2 Å².